The minimum atomic E-state index is 1.07. The fourth-order valence-electron chi connectivity index (χ4n) is 2.68. The maximum atomic E-state index is 2.29. The Hall–Kier alpha value is -0.850. The number of nitrogens with zero attached hydrogens (tertiary/aromatic N) is 1. The van der Waals surface area contributed by atoms with Crippen molar-refractivity contribution in [1.29, 1.82) is 0 Å². The van der Waals surface area contributed by atoms with Gasteiger partial charge in [-0.25, -0.2) is 4.57 Å². The van der Waals surface area contributed by atoms with Crippen LogP contribution in [0, 0.1) is 0 Å². The Labute approximate surface area is 126 Å². The number of aryl methyl sites for hydroxylation is 2. The number of aromatic nitrogens is 1. The maximum absolute atomic E-state index is 2.29. The van der Waals surface area contributed by atoms with Gasteiger partial charge in [0.2, 0.25) is 0 Å². The molecule has 0 spiro atoms. The molecular weight excluding hydrogens is 242 g/mol. The molecule has 0 saturated carbocycles. The summed E-state index contributed by atoms with van der Waals surface area (Å²) in [7, 11) is 0. The smallest absolute Gasteiger partial charge is 0.169 e. The van der Waals surface area contributed by atoms with E-state index in [-0.39, 0.29) is 0 Å². The predicted octanol–water partition coefficient (Wildman–Crippen LogP) is 5.46. The third-order valence-corrected chi connectivity index (χ3v) is 4.14. The molecule has 0 aromatic carbocycles. The van der Waals surface area contributed by atoms with Crippen molar-refractivity contribution in [3.63, 3.8) is 0 Å². The van der Waals surface area contributed by atoms with Crippen molar-refractivity contribution in [2.24, 2.45) is 0 Å². The summed E-state index contributed by atoms with van der Waals surface area (Å²) < 4.78 is 2.22. The van der Waals surface area contributed by atoms with E-state index in [0.29, 0.717) is 0 Å². The van der Waals surface area contributed by atoms with Gasteiger partial charge in [0.25, 0.3) is 0 Å². The molecule has 0 aliphatic heterocycles. The van der Waals surface area contributed by atoms with Crippen LogP contribution in [-0.2, 0) is 13.0 Å². The number of rotatable bonds is 12. The Morgan fingerprint density at radius 3 is 1.70 bits per heavy atom. The molecule has 0 fully saturated rings. The highest BCUT2D eigenvalue weighted by Gasteiger charge is 1.98. The monoisotopic (exact) mass is 276 g/mol. The van der Waals surface area contributed by atoms with Crippen molar-refractivity contribution in [2.75, 3.05) is 0 Å². The minimum absolute atomic E-state index is 1.07. The van der Waals surface area contributed by atoms with Crippen LogP contribution in [0.15, 0.2) is 24.5 Å². The first kappa shape index (κ1) is 17.2. The van der Waals surface area contributed by atoms with E-state index in [9.17, 15) is 0 Å². The third-order valence-electron chi connectivity index (χ3n) is 4.14. The van der Waals surface area contributed by atoms with Gasteiger partial charge in [0.05, 0.1) is 0 Å². The fraction of sp³-hybridized carbons (Fsp3) is 0.737. The van der Waals surface area contributed by atoms with Crippen LogP contribution < -0.4 is 4.57 Å². The van der Waals surface area contributed by atoms with E-state index in [1.165, 1.54) is 76.2 Å². The van der Waals surface area contributed by atoms with Gasteiger partial charge in [0, 0.05) is 12.1 Å². The van der Waals surface area contributed by atoms with Crippen LogP contribution in [-0.4, -0.2) is 0 Å². The van der Waals surface area contributed by atoms with Crippen LogP contribution in [0.5, 0.6) is 0 Å². The standard InChI is InChI=1S/C19H34N/c1-3-5-6-7-8-9-10-11-12-13-14-19-15-17-20(4-2)18-16-19/h15-18H,3-14H2,1-2H3/q+1. The Morgan fingerprint density at radius 1 is 0.700 bits per heavy atom. The van der Waals surface area contributed by atoms with Crippen molar-refractivity contribution >= 4 is 0 Å². The zero-order chi connectivity index (χ0) is 14.5. The molecule has 1 heterocycles. The predicted molar refractivity (Wildman–Crippen MR) is 87.9 cm³/mol. The van der Waals surface area contributed by atoms with Crippen LogP contribution in [0.4, 0.5) is 0 Å². The Balaban J connectivity index is 1.91. The van der Waals surface area contributed by atoms with Gasteiger partial charge in [-0.3, -0.25) is 0 Å². The second kappa shape index (κ2) is 11.9. The molecule has 20 heavy (non-hydrogen) atoms. The van der Waals surface area contributed by atoms with Crippen molar-refractivity contribution in [1.82, 2.24) is 0 Å². The molecule has 1 aromatic rings. The molecule has 114 valence electrons. The summed E-state index contributed by atoms with van der Waals surface area (Å²) >= 11 is 0. The Kier molecular flexibility index (Phi) is 10.3. The van der Waals surface area contributed by atoms with E-state index in [4.69, 9.17) is 0 Å². The summed E-state index contributed by atoms with van der Waals surface area (Å²) in [6.07, 6.45) is 19.9. The summed E-state index contributed by atoms with van der Waals surface area (Å²) in [5.41, 5.74) is 1.49. The molecule has 0 aliphatic rings. The summed E-state index contributed by atoms with van der Waals surface area (Å²) in [5.74, 6) is 0. The highest BCUT2D eigenvalue weighted by atomic mass is 14.9. The molecule has 0 aliphatic carbocycles. The molecule has 0 bridgehead atoms. The molecule has 0 atom stereocenters. The zero-order valence-electron chi connectivity index (χ0n) is 13.7. The number of hydrogen-bond donors (Lipinski definition) is 0. The fourth-order valence-corrected chi connectivity index (χ4v) is 2.68. The first-order valence-corrected chi connectivity index (χ1v) is 8.84. The van der Waals surface area contributed by atoms with Gasteiger partial charge in [0.15, 0.2) is 12.4 Å². The number of hydrogen-bond acceptors (Lipinski definition) is 0. The lowest BCUT2D eigenvalue weighted by Crippen LogP contribution is -2.30. The second-order valence-corrected chi connectivity index (χ2v) is 5.97. The SMILES string of the molecule is CCCCCCCCCCCCc1cc[n+](CC)cc1. The van der Waals surface area contributed by atoms with Crippen LogP contribution in [0.25, 0.3) is 0 Å². The van der Waals surface area contributed by atoms with E-state index < -0.39 is 0 Å². The molecule has 0 N–H and O–H groups in total. The first-order chi connectivity index (χ1) is 9.86. The zero-order valence-corrected chi connectivity index (χ0v) is 13.7. The van der Waals surface area contributed by atoms with Gasteiger partial charge in [0.1, 0.15) is 6.54 Å². The quantitative estimate of drug-likeness (QED) is 0.353. The van der Waals surface area contributed by atoms with Crippen LogP contribution in [0.3, 0.4) is 0 Å². The molecule has 0 amide bonds. The topological polar surface area (TPSA) is 3.88 Å². The van der Waals surface area contributed by atoms with E-state index in [2.05, 4.69) is 42.9 Å². The van der Waals surface area contributed by atoms with Crippen molar-refractivity contribution < 1.29 is 4.57 Å². The molecule has 0 radical (unpaired) electrons. The highest BCUT2D eigenvalue weighted by molar-refractivity contribution is 5.07. The normalized spacial score (nSPS) is 10.9. The van der Waals surface area contributed by atoms with Crippen LogP contribution >= 0.6 is 0 Å². The van der Waals surface area contributed by atoms with E-state index in [1.54, 1.807) is 0 Å². The van der Waals surface area contributed by atoms with Gasteiger partial charge in [-0.05, 0) is 25.3 Å². The molecule has 1 nitrogen and oxygen atoms in total. The summed E-state index contributed by atoms with van der Waals surface area (Å²) in [5, 5.41) is 0. The van der Waals surface area contributed by atoms with Gasteiger partial charge in [-0.15, -0.1) is 0 Å². The number of pyridine rings is 1. The highest BCUT2D eigenvalue weighted by Crippen LogP contribution is 2.11. The van der Waals surface area contributed by atoms with Crippen molar-refractivity contribution in [2.45, 2.75) is 91.0 Å². The third kappa shape index (κ3) is 8.35. The van der Waals surface area contributed by atoms with Crippen LogP contribution in [0.1, 0.15) is 83.6 Å². The van der Waals surface area contributed by atoms with E-state index >= 15 is 0 Å². The average molecular weight is 276 g/mol. The van der Waals surface area contributed by atoms with Gasteiger partial charge in [-0.2, -0.15) is 0 Å². The Morgan fingerprint density at radius 2 is 1.20 bits per heavy atom. The number of unbranched alkanes of at least 4 members (excludes halogenated alkanes) is 9. The summed E-state index contributed by atoms with van der Waals surface area (Å²) in [4.78, 5) is 0. The molecule has 0 saturated heterocycles. The lowest BCUT2D eigenvalue weighted by Gasteiger charge is -2.03. The molecule has 1 heteroatoms. The van der Waals surface area contributed by atoms with Gasteiger partial charge < -0.3 is 0 Å². The molecule has 1 rings (SSSR count). The average Bonchev–Trinajstić information content (AvgIpc) is 2.50. The van der Waals surface area contributed by atoms with E-state index in [1.807, 2.05) is 0 Å². The maximum Gasteiger partial charge on any atom is 0.169 e. The lowest BCUT2D eigenvalue weighted by molar-refractivity contribution is -0.693. The minimum Gasteiger partial charge on any atom is -0.205 e. The molecule has 1 aromatic heterocycles. The first-order valence-electron chi connectivity index (χ1n) is 8.84. The largest absolute Gasteiger partial charge is 0.205 e. The van der Waals surface area contributed by atoms with Crippen molar-refractivity contribution in [3.8, 4) is 0 Å². The van der Waals surface area contributed by atoms with Crippen molar-refractivity contribution in [3.05, 3.63) is 30.1 Å². The molecular formula is C19H34N+. The summed E-state index contributed by atoms with van der Waals surface area (Å²) in [6.45, 7) is 5.54. The lowest BCUT2D eigenvalue weighted by atomic mass is 10.0. The van der Waals surface area contributed by atoms with Gasteiger partial charge >= 0.3 is 0 Å². The Bertz CT molecular complexity index is 315. The molecule has 0 unspecified atom stereocenters. The van der Waals surface area contributed by atoms with Gasteiger partial charge in [-0.1, -0.05) is 64.7 Å². The van der Waals surface area contributed by atoms with Crippen LogP contribution in [0.2, 0.25) is 0 Å². The summed E-state index contributed by atoms with van der Waals surface area (Å²) in [6, 6.07) is 4.55. The second-order valence-electron chi connectivity index (χ2n) is 5.97. The van der Waals surface area contributed by atoms with E-state index in [0.717, 1.165) is 6.54 Å².